The van der Waals surface area contributed by atoms with Crippen LogP contribution in [0, 0.1) is 0 Å². The van der Waals surface area contributed by atoms with Gasteiger partial charge in [0.2, 0.25) is 0 Å². The largest absolute Gasteiger partial charge is 0.508 e. The van der Waals surface area contributed by atoms with Crippen molar-refractivity contribution in [1.82, 2.24) is 0 Å². The van der Waals surface area contributed by atoms with E-state index < -0.39 is 5.54 Å². The summed E-state index contributed by atoms with van der Waals surface area (Å²) in [4.78, 5) is 0. The van der Waals surface area contributed by atoms with Crippen LogP contribution in [0.4, 0.5) is 0 Å². The first-order chi connectivity index (χ1) is 13.0. The topological polar surface area (TPSA) is 64.7 Å². The molecule has 4 heteroatoms. The summed E-state index contributed by atoms with van der Waals surface area (Å²) in [5.41, 5.74) is 9.53. The molecule has 0 spiro atoms. The van der Waals surface area contributed by atoms with Crippen LogP contribution in [0.1, 0.15) is 66.7 Å². The van der Waals surface area contributed by atoms with Crippen molar-refractivity contribution in [1.29, 1.82) is 0 Å². The summed E-state index contributed by atoms with van der Waals surface area (Å²) in [6, 6.07) is 0. The SMILES string of the molecule is C=C(O)/C(=C\C=C(/C)CC)[C@@]1(N)CO/C(=C2\CCC(C)(C)O[C@H]2CC)C(=C)C1. The Morgan fingerprint density at radius 1 is 1.32 bits per heavy atom. The van der Waals surface area contributed by atoms with Crippen LogP contribution in [-0.2, 0) is 9.47 Å². The average molecular weight is 388 g/mol. The molecular weight excluding hydrogens is 350 g/mol. The molecule has 2 rings (SSSR count). The molecule has 0 aromatic heterocycles. The van der Waals surface area contributed by atoms with E-state index in [0.29, 0.717) is 12.0 Å². The van der Waals surface area contributed by atoms with E-state index in [1.807, 2.05) is 19.1 Å². The molecule has 2 atom stereocenters. The number of hydrogen-bond acceptors (Lipinski definition) is 4. The minimum atomic E-state index is -0.853. The van der Waals surface area contributed by atoms with Gasteiger partial charge >= 0.3 is 0 Å². The summed E-state index contributed by atoms with van der Waals surface area (Å²) < 4.78 is 12.4. The lowest BCUT2D eigenvalue weighted by molar-refractivity contribution is -0.0839. The highest BCUT2D eigenvalue weighted by Crippen LogP contribution is 2.41. The van der Waals surface area contributed by atoms with Crippen molar-refractivity contribution in [2.24, 2.45) is 5.73 Å². The Kier molecular flexibility index (Phi) is 7.00. The number of rotatable bonds is 5. The van der Waals surface area contributed by atoms with Crippen LogP contribution in [0.2, 0.25) is 0 Å². The normalized spacial score (nSPS) is 31.5. The van der Waals surface area contributed by atoms with Crippen LogP contribution in [0.15, 0.2) is 59.1 Å². The lowest BCUT2D eigenvalue weighted by Gasteiger charge is -2.42. The minimum absolute atomic E-state index is 0.0238. The second kappa shape index (κ2) is 8.71. The van der Waals surface area contributed by atoms with Crippen LogP contribution in [0.3, 0.4) is 0 Å². The molecule has 2 aliphatic heterocycles. The van der Waals surface area contributed by atoms with E-state index >= 15 is 0 Å². The van der Waals surface area contributed by atoms with E-state index in [1.54, 1.807) is 0 Å². The molecule has 3 N–H and O–H groups in total. The van der Waals surface area contributed by atoms with Gasteiger partial charge in [0.1, 0.15) is 18.1 Å². The van der Waals surface area contributed by atoms with E-state index in [1.165, 1.54) is 11.1 Å². The van der Waals surface area contributed by atoms with E-state index in [0.717, 1.165) is 37.0 Å². The fraction of sp³-hybridized carbons (Fsp3) is 0.583. The molecule has 0 aliphatic carbocycles. The highest BCUT2D eigenvalue weighted by molar-refractivity contribution is 5.44. The zero-order valence-corrected chi connectivity index (χ0v) is 18.2. The van der Waals surface area contributed by atoms with Crippen LogP contribution < -0.4 is 5.73 Å². The molecule has 0 saturated carbocycles. The van der Waals surface area contributed by atoms with E-state index in [2.05, 4.69) is 40.9 Å². The fourth-order valence-corrected chi connectivity index (χ4v) is 3.90. The molecule has 2 heterocycles. The van der Waals surface area contributed by atoms with Crippen molar-refractivity contribution in [2.45, 2.75) is 84.0 Å². The number of nitrogens with two attached hydrogens (primary N) is 1. The lowest BCUT2D eigenvalue weighted by atomic mass is 9.79. The molecular formula is C24H37NO3. The Labute approximate surface area is 170 Å². The van der Waals surface area contributed by atoms with Crippen LogP contribution in [0.5, 0.6) is 0 Å². The maximum absolute atomic E-state index is 10.2. The molecule has 2 fully saturated rings. The van der Waals surface area contributed by atoms with E-state index in [-0.39, 0.29) is 24.1 Å². The van der Waals surface area contributed by atoms with Gasteiger partial charge in [-0.05, 0) is 52.0 Å². The molecule has 0 unspecified atom stereocenters. The van der Waals surface area contributed by atoms with Gasteiger partial charge in [0.05, 0.1) is 17.2 Å². The van der Waals surface area contributed by atoms with Crippen molar-refractivity contribution < 1.29 is 14.6 Å². The van der Waals surface area contributed by atoms with Gasteiger partial charge in [0.25, 0.3) is 0 Å². The standard InChI is InChI=1S/C24H37NO3/c1-8-16(3)10-11-20(18(5)26)24(25)14-17(4)22(27-15-24)19-12-13-23(6,7)28-21(19)9-2/h10-11,21,26H,4-5,8-9,12-15,25H2,1-3,6-7H3/b16-10+,20-11+,22-19+/t21-,24-/m0/s1. The summed E-state index contributed by atoms with van der Waals surface area (Å²) >= 11 is 0. The van der Waals surface area contributed by atoms with Crippen molar-refractivity contribution in [3.05, 3.63) is 59.1 Å². The van der Waals surface area contributed by atoms with Gasteiger partial charge in [-0.15, -0.1) is 0 Å². The molecule has 0 radical (unpaired) electrons. The van der Waals surface area contributed by atoms with Gasteiger partial charge < -0.3 is 20.3 Å². The third-order valence-electron chi connectivity index (χ3n) is 5.77. The summed E-state index contributed by atoms with van der Waals surface area (Å²) in [5.74, 6) is 0.816. The monoisotopic (exact) mass is 387 g/mol. The highest BCUT2D eigenvalue weighted by Gasteiger charge is 2.40. The first-order valence-electron chi connectivity index (χ1n) is 10.3. The summed E-state index contributed by atoms with van der Waals surface area (Å²) in [5, 5.41) is 10.2. The molecule has 2 saturated heterocycles. The Morgan fingerprint density at radius 2 is 2.00 bits per heavy atom. The molecule has 2 aliphatic rings. The first kappa shape index (κ1) is 22.5. The van der Waals surface area contributed by atoms with Gasteiger partial charge in [0, 0.05) is 17.6 Å². The third kappa shape index (κ3) is 4.98. The van der Waals surface area contributed by atoms with Gasteiger partial charge in [-0.2, -0.15) is 0 Å². The Hall–Kier alpha value is -1.78. The number of ether oxygens (including phenoxy) is 2. The average Bonchev–Trinajstić information content (AvgIpc) is 2.61. The summed E-state index contributed by atoms with van der Waals surface area (Å²) in [7, 11) is 0. The predicted molar refractivity (Wildman–Crippen MR) is 116 cm³/mol. The molecule has 0 bridgehead atoms. The second-order valence-corrected chi connectivity index (χ2v) is 8.75. The second-order valence-electron chi connectivity index (χ2n) is 8.75. The molecule has 4 nitrogen and oxygen atoms in total. The van der Waals surface area contributed by atoms with Crippen molar-refractivity contribution in [3.63, 3.8) is 0 Å². The van der Waals surface area contributed by atoms with Crippen LogP contribution >= 0.6 is 0 Å². The first-order valence-corrected chi connectivity index (χ1v) is 10.3. The molecule has 156 valence electrons. The van der Waals surface area contributed by atoms with Crippen LogP contribution in [-0.4, -0.2) is 29.0 Å². The number of hydrogen-bond donors (Lipinski definition) is 2. The number of allylic oxidation sites excluding steroid dienone is 4. The van der Waals surface area contributed by atoms with Gasteiger partial charge in [-0.3, -0.25) is 0 Å². The third-order valence-corrected chi connectivity index (χ3v) is 5.77. The minimum Gasteiger partial charge on any atom is -0.508 e. The maximum Gasteiger partial charge on any atom is 0.123 e. The smallest absolute Gasteiger partial charge is 0.123 e. The molecule has 0 amide bonds. The van der Waals surface area contributed by atoms with E-state index in [9.17, 15) is 5.11 Å². The zero-order valence-electron chi connectivity index (χ0n) is 18.2. The maximum atomic E-state index is 10.2. The quantitative estimate of drug-likeness (QED) is 0.473. The number of aliphatic hydroxyl groups excluding tert-OH is 1. The van der Waals surface area contributed by atoms with Crippen molar-refractivity contribution >= 4 is 0 Å². The number of aliphatic hydroxyl groups is 1. The zero-order chi connectivity index (χ0) is 21.1. The molecule has 0 aromatic rings. The summed E-state index contributed by atoms with van der Waals surface area (Å²) in [6.07, 6.45) is 8.11. The lowest BCUT2D eigenvalue weighted by Crippen LogP contribution is -2.50. The van der Waals surface area contributed by atoms with Gasteiger partial charge in [0.15, 0.2) is 0 Å². The van der Waals surface area contributed by atoms with E-state index in [4.69, 9.17) is 15.2 Å². The van der Waals surface area contributed by atoms with Crippen LogP contribution in [0.25, 0.3) is 0 Å². The summed E-state index contributed by atoms with van der Waals surface area (Å²) in [6.45, 7) is 18.8. The highest BCUT2D eigenvalue weighted by atomic mass is 16.5. The van der Waals surface area contributed by atoms with Crippen molar-refractivity contribution in [2.75, 3.05) is 6.61 Å². The van der Waals surface area contributed by atoms with Gasteiger partial charge in [-0.25, -0.2) is 0 Å². The Bertz CT molecular complexity index is 726. The Balaban J connectivity index is 2.31. The fourth-order valence-electron chi connectivity index (χ4n) is 3.90. The predicted octanol–water partition coefficient (Wildman–Crippen LogP) is 5.64. The van der Waals surface area contributed by atoms with Crippen molar-refractivity contribution in [3.8, 4) is 0 Å². The van der Waals surface area contributed by atoms with Gasteiger partial charge in [-0.1, -0.05) is 44.7 Å². The Morgan fingerprint density at radius 3 is 2.54 bits per heavy atom. The molecule has 0 aromatic carbocycles. The molecule has 28 heavy (non-hydrogen) atoms.